The maximum Gasteiger partial charge on any atom is 0.328 e. The summed E-state index contributed by atoms with van der Waals surface area (Å²) in [4.78, 5) is 10.7. The molecule has 0 amide bonds. The zero-order valence-corrected chi connectivity index (χ0v) is 17.0. The van der Waals surface area contributed by atoms with Crippen LogP contribution < -0.4 is 4.74 Å². The largest absolute Gasteiger partial charge is 0.489 e. The monoisotopic (exact) mass is 409 g/mol. The Morgan fingerprint density at radius 1 is 0.903 bits per heavy atom. The van der Waals surface area contributed by atoms with Gasteiger partial charge in [0.1, 0.15) is 12.4 Å². The normalized spacial score (nSPS) is 11.5. The quantitative estimate of drug-likeness (QED) is 0.290. The van der Waals surface area contributed by atoms with E-state index in [0.29, 0.717) is 6.61 Å². The van der Waals surface area contributed by atoms with Crippen LogP contribution in [0, 0.1) is 0 Å². The summed E-state index contributed by atoms with van der Waals surface area (Å²) in [6, 6.07) is 26.5. The number of carboxylic acid groups (broad SMARTS) is 1. The first-order chi connectivity index (χ1) is 15.2. The summed E-state index contributed by atoms with van der Waals surface area (Å²) in [6.45, 7) is 1.25. The summed E-state index contributed by atoms with van der Waals surface area (Å²) in [5.41, 5.74) is 4.43. The van der Waals surface area contributed by atoms with Gasteiger partial charge in [-0.1, -0.05) is 78.9 Å². The highest BCUT2D eigenvalue weighted by atomic mass is 16.5. The lowest BCUT2D eigenvalue weighted by Crippen LogP contribution is -1.98. The summed E-state index contributed by atoms with van der Waals surface area (Å²) < 4.78 is 8.22. The van der Waals surface area contributed by atoms with Crippen LogP contribution in [0.1, 0.15) is 16.7 Å². The fourth-order valence-corrected chi connectivity index (χ4v) is 3.48. The van der Waals surface area contributed by atoms with E-state index in [9.17, 15) is 4.79 Å². The molecule has 4 nitrogen and oxygen atoms in total. The van der Waals surface area contributed by atoms with Crippen molar-refractivity contribution in [1.82, 2.24) is 4.57 Å². The van der Waals surface area contributed by atoms with E-state index in [1.165, 1.54) is 11.6 Å². The number of carbonyl (C=O) groups is 1. The Kier molecular flexibility index (Phi) is 6.29. The van der Waals surface area contributed by atoms with Crippen molar-refractivity contribution in [3.05, 3.63) is 120 Å². The lowest BCUT2D eigenvalue weighted by atomic mass is 10.1. The molecule has 0 atom stereocenters. The first kappa shape index (κ1) is 20.2. The summed E-state index contributed by atoms with van der Waals surface area (Å²) in [5.74, 6) is -0.169. The Morgan fingerprint density at radius 3 is 2.32 bits per heavy atom. The van der Waals surface area contributed by atoms with Crippen LogP contribution in [0.4, 0.5) is 0 Å². The third-order valence-corrected chi connectivity index (χ3v) is 4.95. The molecule has 0 aliphatic carbocycles. The number of carboxylic acids is 1. The van der Waals surface area contributed by atoms with Gasteiger partial charge in [0.2, 0.25) is 0 Å². The SMILES string of the molecule is O=C(O)/C=C/C=C/c1cn(Cc2ccccc2)c2ccc(OCc3ccccc3)cc12. The van der Waals surface area contributed by atoms with Gasteiger partial charge in [0, 0.05) is 35.3 Å². The molecule has 0 saturated heterocycles. The van der Waals surface area contributed by atoms with Crippen LogP contribution in [-0.4, -0.2) is 15.6 Å². The van der Waals surface area contributed by atoms with E-state index in [4.69, 9.17) is 9.84 Å². The zero-order valence-electron chi connectivity index (χ0n) is 17.0. The highest BCUT2D eigenvalue weighted by Gasteiger charge is 2.09. The van der Waals surface area contributed by atoms with Crippen molar-refractivity contribution in [1.29, 1.82) is 0 Å². The number of hydrogen-bond donors (Lipinski definition) is 1. The van der Waals surface area contributed by atoms with E-state index in [-0.39, 0.29) is 0 Å². The second-order valence-electron chi connectivity index (χ2n) is 7.21. The van der Waals surface area contributed by atoms with Crippen molar-refractivity contribution >= 4 is 22.9 Å². The summed E-state index contributed by atoms with van der Waals surface area (Å²) >= 11 is 0. The standard InChI is InChI=1S/C27H23NO3/c29-27(30)14-8-7-13-23-19-28(18-21-9-3-1-4-10-21)26-16-15-24(17-25(23)26)31-20-22-11-5-2-6-12-22/h1-17,19H,18,20H2,(H,29,30)/b13-7+,14-8+. The van der Waals surface area contributed by atoms with Crippen molar-refractivity contribution in [2.45, 2.75) is 13.2 Å². The maximum atomic E-state index is 10.7. The number of fused-ring (bicyclic) bond motifs is 1. The number of ether oxygens (including phenoxy) is 1. The Balaban J connectivity index is 1.65. The van der Waals surface area contributed by atoms with Gasteiger partial charge in [0.25, 0.3) is 0 Å². The Hall–Kier alpha value is -4.05. The van der Waals surface area contributed by atoms with E-state index >= 15 is 0 Å². The van der Waals surface area contributed by atoms with Crippen LogP contribution in [0.25, 0.3) is 17.0 Å². The molecule has 1 aromatic heterocycles. The predicted octanol–water partition coefficient (Wildman–Crippen LogP) is 5.92. The van der Waals surface area contributed by atoms with Crippen LogP contribution >= 0.6 is 0 Å². The summed E-state index contributed by atoms with van der Waals surface area (Å²) in [7, 11) is 0. The highest BCUT2D eigenvalue weighted by Crippen LogP contribution is 2.28. The Morgan fingerprint density at radius 2 is 1.61 bits per heavy atom. The van der Waals surface area contributed by atoms with E-state index in [2.05, 4.69) is 29.0 Å². The van der Waals surface area contributed by atoms with Gasteiger partial charge in [-0.05, 0) is 29.3 Å². The van der Waals surface area contributed by atoms with Gasteiger partial charge >= 0.3 is 5.97 Å². The molecule has 0 radical (unpaired) electrons. The molecular formula is C27H23NO3. The number of aliphatic carboxylic acids is 1. The molecule has 154 valence electrons. The number of benzene rings is 3. The average Bonchev–Trinajstić information content (AvgIpc) is 3.13. The Labute approximate surface area is 181 Å². The summed E-state index contributed by atoms with van der Waals surface area (Å²) in [5, 5.41) is 9.86. The Bertz CT molecular complexity index is 1220. The third-order valence-electron chi connectivity index (χ3n) is 4.95. The second-order valence-corrected chi connectivity index (χ2v) is 7.21. The molecule has 4 heteroatoms. The fourth-order valence-electron chi connectivity index (χ4n) is 3.48. The smallest absolute Gasteiger partial charge is 0.328 e. The molecule has 3 aromatic carbocycles. The molecule has 4 aromatic rings. The number of allylic oxidation sites excluding steroid dienone is 2. The lowest BCUT2D eigenvalue weighted by molar-refractivity contribution is -0.131. The van der Waals surface area contributed by atoms with Crippen LogP contribution in [0.15, 0.2) is 103 Å². The number of aromatic nitrogens is 1. The van der Waals surface area contributed by atoms with E-state index in [1.807, 2.05) is 66.7 Å². The molecule has 0 aliphatic heterocycles. The van der Waals surface area contributed by atoms with Gasteiger partial charge in [0.15, 0.2) is 0 Å². The van der Waals surface area contributed by atoms with Crippen molar-refractivity contribution in [2.24, 2.45) is 0 Å². The molecule has 4 rings (SSSR count). The topological polar surface area (TPSA) is 51.5 Å². The van der Waals surface area contributed by atoms with Crippen LogP contribution in [-0.2, 0) is 17.9 Å². The van der Waals surface area contributed by atoms with E-state index in [1.54, 1.807) is 6.08 Å². The molecule has 0 unspecified atom stereocenters. The van der Waals surface area contributed by atoms with E-state index < -0.39 is 5.97 Å². The second kappa shape index (κ2) is 9.63. The average molecular weight is 409 g/mol. The van der Waals surface area contributed by atoms with Crippen LogP contribution in [0.2, 0.25) is 0 Å². The van der Waals surface area contributed by atoms with Crippen LogP contribution in [0.3, 0.4) is 0 Å². The van der Waals surface area contributed by atoms with E-state index in [0.717, 1.165) is 40.4 Å². The third kappa shape index (κ3) is 5.31. The van der Waals surface area contributed by atoms with Crippen molar-refractivity contribution < 1.29 is 14.6 Å². The number of nitrogens with zero attached hydrogens (tertiary/aromatic N) is 1. The van der Waals surface area contributed by atoms with Gasteiger partial charge in [0.05, 0.1) is 0 Å². The van der Waals surface area contributed by atoms with Gasteiger partial charge < -0.3 is 14.4 Å². The van der Waals surface area contributed by atoms with Crippen LogP contribution in [0.5, 0.6) is 5.75 Å². The van der Waals surface area contributed by atoms with Crippen molar-refractivity contribution in [2.75, 3.05) is 0 Å². The molecular weight excluding hydrogens is 386 g/mol. The fraction of sp³-hybridized carbons (Fsp3) is 0.0741. The van der Waals surface area contributed by atoms with Crippen molar-refractivity contribution in [3.63, 3.8) is 0 Å². The minimum absolute atomic E-state index is 0.504. The van der Waals surface area contributed by atoms with Gasteiger partial charge in [-0.15, -0.1) is 0 Å². The van der Waals surface area contributed by atoms with Gasteiger partial charge in [-0.2, -0.15) is 0 Å². The maximum absolute atomic E-state index is 10.7. The zero-order chi connectivity index (χ0) is 21.5. The first-order valence-corrected chi connectivity index (χ1v) is 10.1. The lowest BCUT2D eigenvalue weighted by Gasteiger charge is -2.08. The van der Waals surface area contributed by atoms with Gasteiger partial charge in [-0.25, -0.2) is 4.79 Å². The van der Waals surface area contributed by atoms with Gasteiger partial charge in [-0.3, -0.25) is 0 Å². The predicted molar refractivity (Wildman–Crippen MR) is 124 cm³/mol. The minimum Gasteiger partial charge on any atom is -0.489 e. The number of hydrogen-bond acceptors (Lipinski definition) is 2. The molecule has 0 bridgehead atoms. The molecule has 0 fully saturated rings. The first-order valence-electron chi connectivity index (χ1n) is 10.1. The highest BCUT2D eigenvalue weighted by molar-refractivity contribution is 5.91. The molecule has 1 N–H and O–H groups in total. The summed E-state index contributed by atoms with van der Waals surface area (Å²) in [6.07, 6.45) is 8.40. The minimum atomic E-state index is -0.965. The number of rotatable bonds is 8. The molecule has 31 heavy (non-hydrogen) atoms. The molecule has 0 spiro atoms. The molecule has 0 aliphatic rings. The molecule has 1 heterocycles. The molecule has 0 saturated carbocycles. The van der Waals surface area contributed by atoms with Crippen molar-refractivity contribution in [3.8, 4) is 5.75 Å².